The van der Waals surface area contributed by atoms with Crippen molar-refractivity contribution in [3.63, 3.8) is 0 Å². The Kier molecular flexibility index (Phi) is 6.03. The molecule has 0 unspecified atom stereocenters. The molecule has 3 aromatic carbocycles. The summed E-state index contributed by atoms with van der Waals surface area (Å²) in [5, 5.41) is 4.79. The molecule has 0 aliphatic carbocycles. The van der Waals surface area contributed by atoms with E-state index < -0.39 is 0 Å². The van der Waals surface area contributed by atoms with Crippen LogP contribution in [0.5, 0.6) is 5.75 Å². The number of aliphatic imine (C=N–C) groups is 1. The number of amidine groups is 1. The van der Waals surface area contributed by atoms with Crippen molar-refractivity contribution in [2.75, 3.05) is 25.6 Å². The highest BCUT2D eigenvalue weighted by Crippen LogP contribution is 2.28. The second-order valence-electron chi connectivity index (χ2n) is 7.64. The van der Waals surface area contributed by atoms with Gasteiger partial charge in [0, 0.05) is 36.5 Å². The Morgan fingerprint density at radius 3 is 2.23 bits per heavy atom. The van der Waals surface area contributed by atoms with Crippen molar-refractivity contribution in [3.05, 3.63) is 89.0 Å². The van der Waals surface area contributed by atoms with E-state index >= 15 is 0 Å². The maximum atomic E-state index is 5.56. The van der Waals surface area contributed by atoms with Gasteiger partial charge < -0.3 is 9.64 Å². The fourth-order valence-electron chi connectivity index (χ4n) is 3.55. The first-order valence-electron chi connectivity index (χ1n) is 10.7. The van der Waals surface area contributed by atoms with E-state index in [1.54, 1.807) is 0 Å². The summed E-state index contributed by atoms with van der Waals surface area (Å²) >= 11 is 0. The van der Waals surface area contributed by atoms with Crippen molar-refractivity contribution in [2.45, 2.75) is 20.3 Å². The highest BCUT2D eigenvalue weighted by molar-refractivity contribution is 6.18. The molecule has 158 valence electrons. The van der Waals surface area contributed by atoms with Gasteiger partial charge in [0.2, 0.25) is 0 Å². The van der Waals surface area contributed by atoms with Crippen LogP contribution < -0.4 is 15.1 Å². The molecule has 1 N–H and O–H groups in total. The maximum Gasteiger partial charge on any atom is 0.154 e. The van der Waals surface area contributed by atoms with E-state index in [0.29, 0.717) is 12.4 Å². The first-order valence-corrected chi connectivity index (χ1v) is 10.7. The lowest BCUT2D eigenvalue weighted by Crippen LogP contribution is -2.19. The van der Waals surface area contributed by atoms with E-state index in [1.165, 1.54) is 5.56 Å². The van der Waals surface area contributed by atoms with Crippen LogP contribution in [0, 0.1) is 0 Å². The largest absolute Gasteiger partial charge is 0.494 e. The number of aryl methyl sites for hydroxylation is 1. The molecule has 0 atom stereocenters. The molecule has 1 aliphatic rings. The van der Waals surface area contributed by atoms with Crippen molar-refractivity contribution >= 4 is 22.9 Å². The summed E-state index contributed by atoms with van der Waals surface area (Å²) in [4.78, 5) is 7.01. The van der Waals surface area contributed by atoms with Crippen molar-refractivity contribution < 1.29 is 4.74 Å². The molecule has 0 saturated carbocycles. The smallest absolute Gasteiger partial charge is 0.154 e. The normalized spacial score (nSPS) is 12.8. The monoisotopic (exact) mass is 412 g/mol. The number of fused-ring (bicyclic) bond motifs is 1. The predicted octanol–water partition coefficient (Wildman–Crippen LogP) is 5.15. The average molecular weight is 413 g/mol. The first kappa shape index (κ1) is 20.7. The van der Waals surface area contributed by atoms with Crippen LogP contribution in [0.15, 0.2) is 76.8 Å². The van der Waals surface area contributed by atoms with Gasteiger partial charge in [0.15, 0.2) is 5.84 Å². The van der Waals surface area contributed by atoms with Gasteiger partial charge in [-0.25, -0.2) is 4.99 Å². The molecule has 4 rings (SSSR count). The molecule has 3 aromatic rings. The number of nitrogens with one attached hydrogen (secondary N) is 1. The molecule has 0 amide bonds. The zero-order valence-corrected chi connectivity index (χ0v) is 18.5. The van der Waals surface area contributed by atoms with Crippen LogP contribution >= 0.6 is 0 Å². The fraction of sp³-hybridized carbons (Fsp3) is 0.231. The van der Waals surface area contributed by atoms with Crippen molar-refractivity contribution in [1.82, 2.24) is 5.43 Å². The third-order valence-electron chi connectivity index (χ3n) is 5.33. The molecule has 31 heavy (non-hydrogen) atoms. The van der Waals surface area contributed by atoms with E-state index in [4.69, 9.17) is 14.8 Å². The van der Waals surface area contributed by atoms with E-state index in [0.717, 1.165) is 45.9 Å². The Bertz CT molecular complexity index is 1110. The van der Waals surface area contributed by atoms with E-state index in [1.807, 2.05) is 45.3 Å². The van der Waals surface area contributed by atoms with Gasteiger partial charge in [0.1, 0.15) is 5.75 Å². The van der Waals surface area contributed by atoms with Gasteiger partial charge in [-0.1, -0.05) is 25.1 Å². The average Bonchev–Trinajstić information content (AvgIpc) is 2.99. The van der Waals surface area contributed by atoms with Gasteiger partial charge in [0.25, 0.3) is 0 Å². The number of anilines is 1. The minimum absolute atomic E-state index is 0.645. The molecule has 5 heteroatoms. The van der Waals surface area contributed by atoms with Gasteiger partial charge in [-0.2, -0.15) is 5.10 Å². The molecule has 1 aliphatic heterocycles. The standard InChI is InChI=1S/C26H28N4O/c1-5-18-7-16-24-23(17-18)25(19-8-12-21(13-9-19)30(3)4)28-29-26(27-24)20-10-14-22(15-11-20)31-6-2/h7-17H,5-6H2,1-4H3,(H,27,29). The number of hydrogen-bond donors (Lipinski definition) is 1. The van der Waals surface area contributed by atoms with Gasteiger partial charge >= 0.3 is 0 Å². The second kappa shape index (κ2) is 9.04. The van der Waals surface area contributed by atoms with Crippen LogP contribution in [0.2, 0.25) is 0 Å². The number of nitrogens with zero attached hydrogens (tertiary/aromatic N) is 3. The van der Waals surface area contributed by atoms with Gasteiger partial charge in [0.05, 0.1) is 18.0 Å². The third-order valence-corrected chi connectivity index (χ3v) is 5.33. The summed E-state index contributed by atoms with van der Waals surface area (Å²) in [5.41, 5.74) is 10.5. The summed E-state index contributed by atoms with van der Waals surface area (Å²) in [6, 6.07) is 22.8. The van der Waals surface area contributed by atoms with Crippen LogP contribution in [0.25, 0.3) is 0 Å². The molecule has 0 spiro atoms. The topological polar surface area (TPSA) is 49.2 Å². The van der Waals surface area contributed by atoms with E-state index in [-0.39, 0.29) is 0 Å². The van der Waals surface area contributed by atoms with E-state index in [2.05, 4.69) is 59.7 Å². The summed E-state index contributed by atoms with van der Waals surface area (Å²) in [5.74, 6) is 1.56. The van der Waals surface area contributed by atoms with Crippen molar-refractivity contribution in [3.8, 4) is 5.75 Å². The Balaban J connectivity index is 1.77. The SMILES string of the molecule is CCOc1ccc(C2=Nc3ccc(CC)cc3C(c3ccc(N(C)C)cc3)=NN2)cc1. The quantitative estimate of drug-likeness (QED) is 0.609. The fourth-order valence-corrected chi connectivity index (χ4v) is 3.55. The zero-order chi connectivity index (χ0) is 21.8. The molecule has 0 radical (unpaired) electrons. The first-order chi connectivity index (χ1) is 15.1. The van der Waals surface area contributed by atoms with Gasteiger partial charge in [-0.15, -0.1) is 0 Å². The highest BCUT2D eigenvalue weighted by Gasteiger charge is 2.18. The van der Waals surface area contributed by atoms with Crippen LogP contribution in [0.3, 0.4) is 0 Å². The van der Waals surface area contributed by atoms with Crippen LogP contribution in [0.4, 0.5) is 11.4 Å². The summed E-state index contributed by atoms with van der Waals surface area (Å²) in [7, 11) is 4.08. The summed E-state index contributed by atoms with van der Waals surface area (Å²) < 4.78 is 5.56. The Hall–Kier alpha value is -3.60. The van der Waals surface area contributed by atoms with Crippen LogP contribution in [-0.4, -0.2) is 32.2 Å². The second-order valence-corrected chi connectivity index (χ2v) is 7.64. The minimum atomic E-state index is 0.645. The minimum Gasteiger partial charge on any atom is -0.494 e. The number of hydrogen-bond acceptors (Lipinski definition) is 5. The number of rotatable bonds is 6. The molecule has 5 nitrogen and oxygen atoms in total. The number of ether oxygens (including phenoxy) is 1. The van der Waals surface area contributed by atoms with Crippen molar-refractivity contribution in [1.29, 1.82) is 0 Å². The molecular weight excluding hydrogens is 384 g/mol. The molecule has 1 heterocycles. The van der Waals surface area contributed by atoms with Crippen LogP contribution in [0.1, 0.15) is 36.1 Å². The van der Waals surface area contributed by atoms with Crippen molar-refractivity contribution in [2.24, 2.45) is 10.1 Å². The lowest BCUT2D eigenvalue weighted by atomic mass is 9.97. The molecule has 0 aromatic heterocycles. The van der Waals surface area contributed by atoms with Gasteiger partial charge in [-0.3, -0.25) is 5.43 Å². The number of hydrazone groups is 1. The summed E-state index contributed by atoms with van der Waals surface area (Å²) in [6.07, 6.45) is 0.961. The highest BCUT2D eigenvalue weighted by atomic mass is 16.5. The molecule has 0 fully saturated rings. The molecular formula is C26H28N4O. The van der Waals surface area contributed by atoms with Crippen LogP contribution in [-0.2, 0) is 6.42 Å². The lowest BCUT2D eigenvalue weighted by Gasteiger charge is -2.14. The molecule has 0 saturated heterocycles. The maximum absolute atomic E-state index is 5.56. The lowest BCUT2D eigenvalue weighted by molar-refractivity contribution is 0.340. The molecule has 0 bridgehead atoms. The zero-order valence-electron chi connectivity index (χ0n) is 18.5. The third kappa shape index (κ3) is 4.45. The Labute approximate surface area is 184 Å². The Morgan fingerprint density at radius 1 is 0.871 bits per heavy atom. The predicted molar refractivity (Wildman–Crippen MR) is 129 cm³/mol. The van der Waals surface area contributed by atoms with E-state index in [9.17, 15) is 0 Å². The summed E-state index contributed by atoms with van der Waals surface area (Å²) in [6.45, 7) is 4.79. The number of benzene rings is 3. The Morgan fingerprint density at radius 2 is 1.58 bits per heavy atom. The van der Waals surface area contributed by atoms with Gasteiger partial charge in [-0.05, 0) is 67.4 Å².